The van der Waals surface area contributed by atoms with Crippen molar-refractivity contribution in [3.05, 3.63) is 44.8 Å². The summed E-state index contributed by atoms with van der Waals surface area (Å²) in [7, 11) is 0. The number of nitrogens with one attached hydrogen (secondary N) is 1. The lowest BCUT2D eigenvalue weighted by atomic mass is 10.2. The quantitative estimate of drug-likeness (QED) is 0.743. The highest BCUT2D eigenvalue weighted by atomic mass is 35.5. The van der Waals surface area contributed by atoms with E-state index in [1.165, 1.54) is 0 Å². The van der Waals surface area contributed by atoms with Gasteiger partial charge in [0.15, 0.2) is 0 Å². The summed E-state index contributed by atoms with van der Waals surface area (Å²) in [6, 6.07) is 5.31. The minimum absolute atomic E-state index is 0.176. The second-order valence-electron chi connectivity index (χ2n) is 4.72. The molecule has 0 amide bonds. The van der Waals surface area contributed by atoms with Crippen molar-refractivity contribution in [3.63, 3.8) is 0 Å². The van der Waals surface area contributed by atoms with Crippen LogP contribution in [-0.2, 0) is 0 Å². The molecule has 0 spiro atoms. The number of para-hydroxylation sites is 1. The van der Waals surface area contributed by atoms with Gasteiger partial charge < -0.3 is 5.32 Å². The van der Waals surface area contributed by atoms with Crippen molar-refractivity contribution in [3.8, 4) is 0 Å². The van der Waals surface area contributed by atoms with E-state index < -0.39 is 0 Å². The molecule has 2 rings (SSSR count). The molecule has 20 heavy (non-hydrogen) atoms. The van der Waals surface area contributed by atoms with Gasteiger partial charge in [-0.25, -0.2) is 9.97 Å². The lowest BCUT2D eigenvalue weighted by Gasteiger charge is -2.14. The summed E-state index contributed by atoms with van der Waals surface area (Å²) in [5.41, 5.74) is 1.37. The van der Waals surface area contributed by atoms with Crippen LogP contribution in [0.4, 0.5) is 11.5 Å². The highest BCUT2D eigenvalue weighted by Crippen LogP contribution is 2.34. The van der Waals surface area contributed by atoms with Crippen molar-refractivity contribution >= 4 is 46.3 Å². The molecule has 106 valence electrons. The number of aromatic nitrogens is 2. The molecule has 0 atom stereocenters. The Bertz CT molecular complexity index is 622. The Hall–Kier alpha value is -1.03. The van der Waals surface area contributed by atoms with Gasteiger partial charge in [-0.2, -0.15) is 0 Å². The molecule has 0 unspecified atom stereocenters. The van der Waals surface area contributed by atoms with Crippen molar-refractivity contribution < 1.29 is 0 Å². The number of rotatable bonds is 3. The third kappa shape index (κ3) is 3.17. The lowest BCUT2D eigenvalue weighted by Crippen LogP contribution is -2.05. The molecule has 0 bridgehead atoms. The summed E-state index contributed by atoms with van der Waals surface area (Å²) in [5, 5.41) is 4.62. The second-order valence-corrected chi connectivity index (χ2v) is 5.89. The molecule has 1 aromatic carbocycles. The van der Waals surface area contributed by atoms with Gasteiger partial charge in [-0.05, 0) is 19.1 Å². The average molecular weight is 331 g/mol. The first-order valence-corrected chi connectivity index (χ1v) is 7.28. The highest BCUT2D eigenvalue weighted by molar-refractivity contribution is 6.39. The normalized spacial score (nSPS) is 10.9. The van der Waals surface area contributed by atoms with Crippen LogP contribution < -0.4 is 5.32 Å². The van der Waals surface area contributed by atoms with Crippen molar-refractivity contribution in [1.82, 2.24) is 9.97 Å². The zero-order chi connectivity index (χ0) is 14.9. The molecule has 3 nitrogen and oxygen atoms in total. The van der Waals surface area contributed by atoms with Crippen LogP contribution in [0.2, 0.25) is 15.2 Å². The summed E-state index contributed by atoms with van der Waals surface area (Å²) >= 11 is 18.5. The average Bonchev–Trinajstić information content (AvgIpc) is 2.38. The third-order valence-corrected chi connectivity index (χ3v) is 3.82. The summed E-state index contributed by atoms with van der Waals surface area (Å²) in [6.45, 7) is 5.86. The molecule has 0 aliphatic heterocycles. The van der Waals surface area contributed by atoms with Crippen molar-refractivity contribution in [2.24, 2.45) is 0 Å². The second kappa shape index (κ2) is 6.17. The van der Waals surface area contributed by atoms with Crippen LogP contribution in [0.1, 0.15) is 31.2 Å². The molecule has 0 radical (unpaired) electrons. The topological polar surface area (TPSA) is 37.8 Å². The number of hydrogen-bond acceptors (Lipinski definition) is 3. The Labute approximate surface area is 133 Å². The van der Waals surface area contributed by atoms with E-state index in [1.54, 1.807) is 18.2 Å². The molecule has 2 aromatic rings. The number of halogens is 3. The number of anilines is 2. The minimum atomic E-state index is 0.176. The van der Waals surface area contributed by atoms with E-state index in [4.69, 9.17) is 34.8 Å². The van der Waals surface area contributed by atoms with E-state index in [0.717, 1.165) is 5.56 Å². The molecule has 0 saturated carbocycles. The maximum Gasteiger partial charge on any atom is 0.138 e. The standard InChI is InChI=1S/C14H14Cl3N3/c1-7(2)13-19-12(17)8(3)14(20-13)18-11-9(15)5-4-6-10(11)16/h4-7H,1-3H3,(H,18,19,20). The van der Waals surface area contributed by atoms with Gasteiger partial charge in [-0.15, -0.1) is 0 Å². The van der Waals surface area contributed by atoms with Gasteiger partial charge in [-0.1, -0.05) is 54.7 Å². The van der Waals surface area contributed by atoms with Gasteiger partial charge in [0, 0.05) is 11.5 Å². The first-order chi connectivity index (χ1) is 9.40. The summed E-state index contributed by atoms with van der Waals surface area (Å²) in [6.07, 6.45) is 0. The van der Waals surface area contributed by atoms with Crippen LogP contribution in [0.25, 0.3) is 0 Å². The molecule has 1 aromatic heterocycles. The van der Waals surface area contributed by atoms with E-state index in [1.807, 2.05) is 20.8 Å². The zero-order valence-corrected chi connectivity index (χ0v) is 13.6. The van der Waals surface area contributed by atoms with Crippen LogP contribution in [-0.4, -0.2) is 9.97 Å². The maximum absolute atomic E-state index is 6.15. The van der Waals surface area contributed by atoms with Gasteiger partial charge in [-0.3, -0.25) is 0 Å². The van der Waals surface area contributed by atoms with E-state index in [-0.39, 0.29) is 5.92 Å². The van der Waals surface area contributed by atoms with E-state index in [9.17, 15) is 0 Å². The van der Waals surface area contributed by atoms with Crippen LogP contribution in [0.3, 0.4) is 0 Å². The fraction of sp³-hybridized carbons (Fsp3) is 0.286. The van der Waals surface area contributed by atoms with E-state index in [0.29, 0.717) is 32.5 Å². The highest BCUT2D eigenvalue weighted by Gasteiger charge is 2.14. The molecule has 0 saturated heterocycles. The maximum atomic E-state index is 6.15. The predicted octanol–water partition coefficient (Wildman–Crippen LogP) is 5.61. The fourth-order valence-electron chi connectivity index (χ4n) is 1.62. The Morgan fingerprint density at radius 3 is 2.20 bits per heavy atom. The summed E-state index contributed by atoms with van der Waals surface area (Å²) < 4.78 is 0. The smallest absolute Gasteiger partial charge is 0.138 e. The van der Waals surface area contributed by atoms with E-state index >= 15 is 0 Å². The van der Waals surface area contributed by atoms with Gasteiger partial charge in [0.1, 0.15) is 16.8 Å². The lowest BCUT2D eigenvalue weighted by molar-refractivity contribution is 0.773. The SMILES string of the molecule is Cc1c(Cl)nc(C(C)C)nc1Nc1c(Cl)cccc1Cl. The largest absolute Gasteiger partial charge is 0.337 e. The molecule has 0 aliphatic carbocycles. The molecular formula is C14H14Cl3N3. The van der Waals surface area contributed by atoms with Crippen LogP contribution in [0.15, 0.2) is 18.2 Å². The first-order valence-electron chi connectivity index (χ1n) is 6.15. The Kier molecular flexibility index (Phi) is 4.74. The van der Waals surface area contributed by atoms with Crippen LogP contribution in [0, 0.1) is 6.92 Å². The summed E-state index contributed by atoms with van der Waals surface area (Å²) in [5.74, 6) is 1.46. The van der Waals surface area contributed by atoms with Gasteiger partial charge in [0.2, 0.25) is 0 Å². The molecular weight excluding hydrogens is 317 g/mol. The van der Waals surface area contributed by atoms with Crippen molar-refractivity contribution in [1.29, 1.82) is 0 Å². The molecule has 6 heteroatoms. The molecule has 0 fully saturated rings. The Morgan fingerprint density at radius 1 is 1.05 bits per heavy atom. The number of hydrogen-bond donors (Lipinski definition) is 1. The Morgan fingerprint density at radius 2 is 1.65 bits per heavy atom. The first kappa shape index (κ1) is 15.4. The van der Waals surface area contributed by atoms with Crippen LogP contribution >= 0.6 is 34.8 Å². The van der Waals surface area contributed by atoms with Crippen molar-refractivity contribution in [2.45, 2.75) is 26.7 Å². The van der Waals surface area contributed by atoms with Gasteiger partial charge in [0.05, 0.1) is 15.7 Å². The van der Waals surface area contributed by atoms with Gasteiger partial charge in [0.25, 0.3) is 0 Å². The predicted molar refractivity (Wildman–Crippen MR) is 85.6 cm³/mol. The van der Waals surface area contributed by atoms with Crippen LogP contribution in [0.5, 0.6) is 0 Å². The number of nitrogens with zero attached hydrogens (tertiary/aromatic N) is 2. The minimum Gasteiger partial charge on any atom is -0.337 e. The molecule has 1 N–H and O–H groups in total. The fourth-order valence-corrected chi connectivity index (χ4v) is 2.29. The number of benzene rings is 1. The Balaban J connectivity index is 2.48. The van der Waals surface area contributed by atoms with E-state index in [2.05, 4.69) is 15.3 Å². The van der Waals surface area contributed by atoms with Crippen molar-refractivity contribution in [2.75, 3.05) is 5.32 Å². The molecule has 1 heterocycles. The zero-order valence-electron chi connectivity index (χ0n) is 11.3. The summed E-state index contributed by atoms with van der Waals surface area (Å²) in [4.78, 5) is 8.75. The van der Waals surface area contributed by atoms with Gasteiger partial charge >= 0.3 is 0 Å². The monoisotopic (exact) mass is 329 g/mol. The molecule has 0 aliphatic rings. The third-order valence-electron chi connectivity index (χ3n) is 2.83.